The maximum Gasteiger partial charge on any atom is 0.181 e. The van der Waals surface area contributed by atoms with Crippen molar-refractivity contribution in [3.63, 3.8) is 0 Å². The van der Waals surface area contributed by atoms with Gasteiger partial charge in [0.05, 0.1) is 0 Å². The highest BCUT2D eigenvalue weighted by Gasteiger charge is 2.05. The van der Waals surface area contributed by atoms with Gasteiger partial charge in [0.1, 0.15) is 0 Å². The Morgan fingerprint density at radius 1 is 0.750 bits per heavy atom. The van der Waals surface area contributed by atoms with Crippen molar-refractivity contribution < 1.29 is 0 Å². The molecule has 2 heteroatoms. The number of rotatable bonds is 2. The standard InChI is InChI=1S/C18H14OS/c1-13-7-9-15(10-8-13)18-12-16(19)11-17(20-18)14-5-3-2-4-6-14/h2-12H,1H3. The van der Waals surface area contributed by atoms with Crippen molar-refractivity contribution in [1.29, 1.82) is 0 Å². The molecule has 98 valence electrons. The maximum atomic E-state index is 11.9. The smallest absolute Gasteiger partial charge is 0.181 e. The molecule has 1 nitrogen and oxygen atoms in total. The van der Waals surface area contributed by atoms with Gasteiger partial charge in [-0.15, -0.1) is 11.3 Å². The van der Waals surface area contributed by atoms with E-state index in [0.717, 1.165) is 20.9 Å². The summed E-state index contributed by atoms with van der Waals surface area (Å²) in [6, 6.07) is 21.7. The van der Waals surface area contributed by atoms with Crippen molar-refractivity contribution in [1.82, 2.24) is 0 Å². The molecule has 0 bridgehead atoms. The summed E-state index contributed by atoms with van der Waals surface area (Å²) in [6.45, 7) is 2.06. The van der Waals surface area contributed by atoms with E-state index in [4.69, 9.17) is 0 Å². The lowest BCUT2D eigenvalue weighted by Crippen LogP contribution is -1.96. The third-order valence-corrected chi connectivity index (χ3v) is 4.31. The predicted molar refractivity (Wildman–Crippen MR) is 86.2 cm³/mol. The molecule has 3 aromatic rings. The van der Waals surface area contributed by atoms with Crippen LogP contribution in [0.25, 0.3) is 20.9 Å². The highest BCUT2D eigenvalue weighted by Crippen LogP contribution is 2.30. The van der Waals surface area contributed by atoms with E-state index in [1.165, 1.54) is 5.56 Å². The van der Waals surface area contributed by atoms with Gasteiger partial charge in [-0.1, -0.05) is 60.2 Å². The van der Waals surface area contributed by atoms with Gasteiger partial charge >= 0.3 is 0 Å². The largest absolute Gasteiger partial charge is 0.290 e. The van der Waals surface area contributed by atoms with Crippen molar-refractivity contribution in [2.24, 2.45) is 0 Å². The monoisotopic (exact) mass is 278 g/mol. The first-order valence-corrected chi connectivity index (χ1v) is 7.32. The van der Waals surface area contributed by atoms with Crippen molar-refractivity contribution in [2.75, 3.05) is 0 Å². The zero-order valence-corrected chi connectivity index (χ0v) is 12.0. The third-order valence-electron chi connectivity index (χ3n) is 3.16. The van der Waals surface area contributed by atoms with Gasteiger partial charge in [0, 0.05) is 21.9 Å². The topological polar surface area (TPSA) is 17.1 Å². The van der Waals surface area contributed by atoms with Crippen LogP contribution in [0.3, 0.4) is 0 Å². The summed E-state index contributed by atoms with van der Waals surface area (Å²) in [7, 11) is 0. The van der Waals surface area contributed by atoms with Gasteiger partial charge in [-0.05, 0) is 18.1 Å². The molecule has 20 heavy (non-hydrogen) atoms. The summed E-state index contributed by atoms with van der Waals surface area (Å²) in [4.78, 5) is 13.9. The van der Waals surface area contributed by atoms with Crippen LogP contribution in [0, 0.1) is 6.92 Å². The fraction of sp³-hybridized carbons (Fsp3) is 0.0556. The Balaban J connectivity index is 2.12. The molecule has 0 saturated carbocycles. The molecule has 0 saturated heterocycles. The molecule has 2 aromatic carbocycles. The summed E-state index contributed by atoms with van der Waals surface area (Å²) in [5, 5.41) is 0. The van der Waals surface area contributed by atoms with Gasteiger partial charge in [-0.3, -0.25) is 4.79 Å². The van der Waals surface area contributed by atoms with Gasteiger partial charge < -0.3 is 0 Å². The quantitative estimate of drug-likeness (QED) is 0.661. The van der Waals surface area contributed by atoms with Gasteiger partial charge in [0.25, 0.3) is 0 Å². The van der Waals surface area contributed by atoms with E-state index in [-0.39, 0.29) is 5.43 Å². The second kappa shape index (κ2) is 5.43. The van der Waals surface area contributed by atoms with Gasteiger partial charge in [0.2, 0.25) is 0 Å². The van der Waals surface area contributed by atoms with Crippen LogP contribution in [0.5, 0.6) is 0 Å². The Labute approximate surface area is 122 Å². The Bertz CT molecular complexity index is 771. The minimum Gasteiger partial charge on any atom is -0.290 e. The molecular weight excluding hydrogens is 264 g/mol. The van der Waals surface area contributed by atoms with E-state index in [1.807, 2.05) is 30.3 Å². The second-order valence-corrected chi connectivity index (χ2v) is 5.84. The number of hydrogen-bond donors (Lipinski definition) is 0. The number of benzene rings is 2. The first kappa shape index (κ1) is 12.8. The molecular formula is C18H14OS. The minimum atomic E-state index is 0.0539. The molecule has 1 aromatic heterocycles. The maximum absolute atomic E-state index is 11.9. The molecule has 1 heterocycles. The number of hydrogen-bond acceptors (Lipinski definition) is 2. The van der Waals surface area contributed by atoms with Crippen LogP contribution < -0.4 is 5.43 Å². The summed E-state index contributed by atoms with van der Waals surface area (Å²) >= 11 is 1.65. The van der Waals surface area contributed by atoms with Crippen molar-refractivity contribution >= 4 is 11.3 Å². The lowest BCUT2D eigenvalue weighted by atomic mass is 10.1. The summed E-state index contributed by atoms with van der Waals surface area (Å²) in [6.07, 6.45) is 0. The van der Waals surface area contributed by atoms with E-state index in [0.29, 0.717) is 0 Å². The van der Waals surface area contributed by atoms with E-state index in [9.17, 15) is 4.79 Å². The fourth-order valence-electron chi connectivity index (χ4n) is 2.08. The Kier molecular flexibility index (Phi) is 3.48. The molecule has 0 N–H and O–H groups in total. The van der Waals surface area contributed by atoms with Crippen LogP contribution in [-0.2, 0) is 0 Å². The molecule has 0 fully saturated rings. The average molecular weight is 278 g/mol. The zero-order valence-electron chi connectivity index (χ0n) is 11.2. The van der Waals surface area contributed by atoms with Crippen LogP contribution in [0.2, 0.25) is 0 Å². The van der Waals surface area contributed by atoms with Crippen LogP contribution in [0.1, 0.15) is 5.56 Å². The SMILES string of the molecule is Cc1ccc(-c2cc(=O)cc(-c3ccccc3)s2)cc1. The molecule has 0 amide bonds. The molecule has 0 aliphatic heterocycles. The van der Waals surface area contributed by atoms with Gasteiger partial charge in [-0.25, -0.2) is 0 Å². The van der Waals surface area contributed by atoms with Gasteiger partial charge in [0.15, 0.2) is 5.43 Å². The first-order chi connectivity index (χ1) is 9.72. The molecule has 3 rings (SSSR count). The normalized spacial score (nSPS) is 10.4. The summed E-state index contributed by atoms with van der Waals surface area (Å²) in [5.41, 5.74) is 3.46. The Morgan fingerprint density at radius 2 is 1.30 bits per heavy atom. The molecule has 0 aliphatic rings. The highest BCUT2D eigenvalue weighted by molar-refractivity contribution is 7.18. The fourth-order valence-corrected chi connectivity index (χ4v) is 3.18. The average Bonchev–Trinajstić information content (AvgIpc) is 2.48. The van der Waals surface area contributed by atoms with Crippen LogP contribution in [0.15, 0.2) is 71.5 Å². The third kappa shape index (κ3) is 2.70. The Morgan fingerprint density at radius 3 is 1.90 bits per heavy atom. The number of aryl methyl sites for hydroxylation is 1. The highest BCUT2D eigenvalue weighted by atomic mass is 32.1. The van der Waals surface area contributed by atoms with Crippen LogP contribution in [0.4, 0.5) is 0 Å². The molecule has 0 spiro atoms. The molecule has 0 atom stereocenters. The zero-order chi connectivity index (χ0) is 13.9. The summed E-state index contributed by atoms with van der Waals surface area (Å²) < 4.78 is 0. The van der Waals surface area contributed by atoms with Crippen molar-refractivity contribution in [3.8, 4) is 20.9 Å². The van der Waals surface area contributed by atoms with Gasteiger partial charge in [-0.2, -0.15) is 0 Å². The molecule has 0 radical (unpaired) electrons. The minimum absolute atomic E-state index is 0.0539. The lowest BCUT2D eigenvalue weighted by molar-refractivity contribution is 1.47. The lowest BCUT2D eigenvalue weighted by Gasteiger charge is -2.05. The van der Waals surface area contributed by atoms with Crippen LogP contribution in [-0.4, -0.2) is 0 Å². The Hall–Kier alpha value is -2.19. The molecule has 0 aliphatic carbocycles. The van der Waals surface area contributed by atoms with Crippen molar-refractivity contribution in [3.05, 3.63) is 82.5 Å². The van der Waals surface area contributed by atoms with E-state index < -0.39 is 0 Å². The predicted octanol–water partition coefficient (Wildman–Crippen LogP) is 4.75. The van der Waals surface area contributed by atoms with Crippen LogP contribution >= 0.6 is 11.3 Å². The van der Waals surface area contributed by atoms with E-state index in [2.05, 4.69) is 31.2 Å². The van der Waals surface area contributed by atoms with E-state index >= 15 is 0 Å². The van der Waals surface area contributed by atoms with Crippen molar-refractivity contribution in [2.45, 2.75) is 6.92 Å². The summed E-state index contributed by atoms with van der Waals surface area (Å²) in [5.74, 6) is 0. The molecule has 0 unspecified atom stereocenters. The second-order valence-electron chi connectivity index (χ2n) is 4.75. The first-order valence-electron chi connectivity index (χ1n) is 6.50. The van der Waals surface area contributed by atoms with E-state index in [1.54, 1.807) is 23.5 Å².